The van der Waals surface area contributed by atoms with Crippen molar-refractivity contribution in [3.63, 3.8) is 0 Å². The summed E-state index contributed by atoms with van der Waals surface area (Å²) in [5.74, 6) is 2.12. The summed E-state index contributed by atoms with van der Waals surface area (Å²) in [5, 5.41) is 0. The number of imidazole rings is 1. The summed E-state index contributed by atoms with van der Waals surface area (Å²) in [5.41, 5.74) is 5.69. The van der Waals surface area contributed by atoms with Gasteiger partial charge in [-0.1, -0.05) is 36.4 Å². The van der Waals surface area contributed by atoms with Crippen LogP contribution in [0.25, 0.3) is 16.7 Å². The molecule has 0 aliphatic carbocycles. The van der Waals surface area contributed by atoms with Crippen LogP contribution in [0.15, 0.2) is 67.1 Å². The molecule has 0 saturated heterocycles. The second-order valence-electron chi connectivity index (χ2n) is 7.90. The summed E-state index contributed by atoms with van der Waals surface area (Å²) >= 11 is 0. The van der Waals surface area contributed by atoms with Crippen molar-refractivity contribution in [2.75, 3.05) is 18.0 Å². The molecule has 0 unspecified atom stereocenters. The molecule has 5 heterocycles. The van der Waals surface area contributed by atoms with Gasteiger partial charge in [0.25, 0.3) is 0 Å². The van der Waals surface area contributed by atoms with Gasteiger partial charge in [-0.05, 0) is 42.2 Å². The predicted molar refractivity (Wildman–Crippen MR) is 117 cm³/mol. The van der Waals surface area contributed by atoms with Crippen LogP contribution in [0.1, 0.15) is 36.0 Å². The molecule has 0 radical (unpaired) electrons. The Bertz CT molecular complexity index is 1230. The van der Waals surface area contributed by atoms with Crippen LogP contribution in [0, 0.1) is 0 Å². The SMILES string of the molecule is C1=C(c2ccc3nc4n(c3n2)[C@@H](c2ccccc2)CC4)CCN(c2ccncn2)C1. The van der Waals surface area contributed by atoms with Crippen molar-refractivity contribution in [3.05, 3.63) is 84.2 Å². The quantitative estimate of drug-likeness (QED) is 0.525. The third-order valence-electron chi connectivity index (χ3n) is 6.18. The largest absolute Gasteiger partial charge is 0.352 e. The minimum Gasteiger partial charge on any atom is -0.352 e. The van der Waals surface area contributed by atoms with Crippen LogP contribution in [0.5, 0.6) is 0 Å². The summed E-state index contributed by atoms with van der Waals surface area (Å²) < 4.78 is 2.35. The van der Waals surface area contributed by atoms with Crippen LogP contribution < -0.4 is 4.90 Å². The van der Waals surface area contributed by atoms with Gasteiger partial charge in [-0.2, -0.15) is 0 Å². The maximum atomic E-state index is 5.09. The van der Waals surface area contributed by atoms with E-state index >= 15 is 0 Å². The molecule has 0 fully saturated rings. The van der Waals surface area contributed by atoms with Crippen molar-refractivity contribution < 1.29 is 0 Å². The highest BCUT2D eigenvalue weighted by atomic mass is 15.2. The van der Waals surface area contributed by atoms with Gasteiger partial charge in [0.15, 0.2) is 5.65 Å². The van der Waals surface area contributed by atoms with E-state index in [1.807, 2.05) is 6.07 Å². The Kier molecular flexibility index (Phi) is 4.08. The van der Waals surface area contributed by atoms with Gasteiger partial charge in [0.1, 0.15) is 23.5 Å². The lowest BCUT2D eigenvalue weighted by Crippen LogP contribution is -2.29. The minimum absolute atomic E-state index is 0.322. The Labute approximate surface area is 175 Å². The van der Waals surface area contributed by atoms with Gasteiger partial charge in [0.2, 0.25) is 0 Å². The monoisotopic (exact) mass is 394 g/mol. The van der Waals surface area contributed by atoms with Crippen molar-refractivity contribution in [2.45, 2.75) is 25.3 Å². The molecular weight excluding hydrogens is 372 g/mol. The number of aryl methyl sites for hydroxylation is 1. The number of rotatable bonds is 3. The van der Waals surface area contributed by atoms with Crippen LogP contribution in [0.2, 0.25) is 0 Å². The molecule has 4 aromatic rings. The number of fused-ring (bicyclic) bond motifs is 3. The highest BCUT2D eigenvalue weighted by Gasteiger charge is 2.28. The molecule has 2 aliphatic rings. The van der Waals surface area contributed by atoms with E-state index in [1.165, 1.54) is 11.1 Å². The third kappa shape index (κ3) is 2.87. The molecule has 30 heavy (non-hydrogen) atoms. The normalized spacial score (nSPS) is 18.5. The lowest BCUT2D eigenvalue weighted by molar-refractivity contribution is 0.632. The van der Waals surface area contributed by atoms with Gasteiger partial charge in [-0.3, -0.25) is 0 Å². The first-order valence-electron chi connectivity index (χ1n) is 10.5. The minimum atomic E-state index is 0.322. The molecule has 6 heteroatoms. The zero-order valence-corrected chi connectivity index (χ0v) is 16.6. The molecule has 6 rings (SSSR count). The van der Waals surface area contributed by atoms with E-state index in [9.17, 15) is 0 Å². The maximum Gasteiger partial charge on any atom is 0.161 e. The Hall–Kier alpha value is -3.54. The van der Waals surface area contributed by atoms with Crippen molar-refractivity contribution in [1.82, 2.24) is 24.5 Å². The Balaban J connectivity index is 1.34. The zero-order chi connectivity index (χ0) is 19.9. The summed E-state index contributed by atoms with van der Waals surface area (Å²) in [6.45, 7) is 1.77. The summed E-state index contributed by atoms with van der Waals surface area (Å²) in [7, 11) is 0. The van der Waals surface area contributed by atoms with Gasteiger partial charge >= 0.3 is 0 Å². The Morgan fingerprint density at radius 2 is 1.87 bits per heavy atom. The van der Waals surface area contributed by atoms with Crippen LogP contribution in [0.4, 0.5) is 5.82 Å². The van der Waals surface area contributed by atoms with Gasteiger partial charge in [0.05, 0.1) is 11.7 Å². The second kappa shape index (κ2) is 7.06. The predicted octanol–water partition coefficient (Wildman–Crippen LogP) is 4.05. The highest BCUT2D eigenvalue weighted by molar-refractivity contribution is 5.77. The zero-order valence-electron chi connectivity index (χ0n) is 16.6. The lowest BCUT2D eigenvalue weighted by atomic mass is 10.0. The highest BCUT2D eigenvalue weighted by Crippen LogP contribution is 2.35. The van der Waals surface area contributed by atoms with Crippen LogP contribution >= 0.6 is 0 Å². The number of nitrogens with zero attached hydrogens (tertiary/aromatic N) is 6. The molecule has 0 amide bonds. The maximum absolute atomic E-state index is 5.09. The number of aromatic nitrogens is 5. The fourth-order valence-corrected chi connectivity index (χ4v) is 4.67. The molecule has 1 atom stereocenters. The third-order valence-corrected chi connectivity index (χ3v) is 6.18. The number of hydrogen-bond donors (Lipinski definition) is 0. The number of anilines is 1. The number of pyridine rings is 1. The van der Waals surface area contributed by atoms with Gasteiger partial charge in [0, 0.05) is 25.7 Å². The Morgan fingerprint density at radius 3 is 2.67 bits per heavy atom. The molecule has 0 spiro atoms. The molecule has 0 saturated carbocycles. The van der Waals surface area contributed by atoms with Crippen LogP contribution in [-0.2, 0) is 6.42 Å². The molecule has 3 aromatic heterocycles. The number of benzene rings is 1. The van der Waals surface area contributed by atoms with Gasteiger partial charge < -0.3 is 9.47 Å². The molecule has 0 N–H and O–H groups in total. The first-order valence-corrected chi connectivity index (χ1v) is 10.5. The second-order valence-corrected chi connectivity index (χ2v) is 7.90. The standard InChI is InChI=1S/C24H22N6/c1-2-4-18(5-3-1)21-8-9-23-27-20-7-6-19(28-24(20)30(21)23)17-11-14-29(15-12-17)22-10-13-25-16-26-22/h1-7,10-11,13,16,21H,8-9,12,14-15H2/t21-/m1/s1. The molecular formula is C24H22N6. The van der Waals surface area contributed by atoms with E-state index in [1.54, 1.807) is 12.5 Å². The average Bonchev–Trinajstić information content (AvgIpc) is 3.39. The first-order chi connectivity index (χ1) is 14.9. The molecule has 1 aromatic carbocycles. The van der Waals surface area contributed by atoms with Crippen molar-refractivity contribution in [1.29, 1.82) is 0 Å². The van der Waals surface area contributed by atoms with Gasteiger partial charge in [-0.25, -0.2) is 19.9 Å². The van der Waals surface area contributed by atoms with Crippen LogP contribution in [-0.4, -0.2) is 37.6 Å². The smallest absolute Gasteiger partial charge is 0.161 e. The van der Waals surface area contributed by atoms with E-state index in [0.29, 0.717) is 6.04 Å². The van der Waals surface area contributed by atoms with Crippen molar-refractivity contribution in [2.24, 2.45) is 0 Å². The first kappa shape index (κ1) is 17.3. The van der Waals surface area contributed by atoms with Gasteiger partial charge in [-0.15, -0.1) is 0 Å². The van der Waals surface area contributed by atoms with Crippen molar-refractivity contribution in [3.8, 4) is 0 Å². The summed E-state index contributed by atoms with van der Waals surface area (Å²) in [6, 6.07) is 17.2. The fraction of sp³-hybridized carbons (Fsp3) is 0.250. The molecule has 0 bridgehead atoms. The Morgan fingerprint density at radius 1 is 0.933 bits per heavy atom. The molecule has 2 aliphatic heterocycles. The van der Waals surface area contributed by atoms with E-state index in [2.05, 4.69) is 68.0 Å². The van der Waals surface area contributed by atoms with Crippen LogP contribution in [0.3, 0.4) is 0 Å². The van der Waals surface area contributed by atoms with Crippen molar-refractivity contribution >= 4 is 22.6 Å². The number of hydrogen-bond acceptors (Lipinski definition) is 5. The van der Waals surface area contributed by atoms with E-state index in [-0.39, 0.29) is 0 Å². The lowest BCUT2D eigenvalue weighted by Gasteiger charge is -2.27. The van der Waals surface area contributed by atoms with E-state index < -0.39 is 0 Å². The average molecular weight is 394 g/mol. The van der Waals surface area contributed by atoms with E-state index in [0.717, 1.165) is 60.9 Å². The molecule has 6 nitrogen and oxygen atoms in total. The topological polar surface area (TPSA) is 59.7 Å². The fourth-order valence-electron chi connectivity index (χ4n) is 4.67. The summed E-state index contributed by atoms with van der Waals surface area (Å²) in [6.07, 6.45) is 8.71. The molecule has 148 valence electrons. The summed E-state index contributed by atoms with van der Waals surface area (Å²) in [4.78, 5) is 20.6. The van der Waals surface area contributed by atoms with E-state index in [4.69, 9.17) is 9.97 Å².